The minimum atomic E-state index is 0. The van der Waals surface area contributed by atoms with E-state index < -0.39 is 0 Å². The summed E-state index contributed by atoms with van der Waals surface area (Å²) in [7, 11) is 7.48. The Kier molecular flexibility index (Phi) is 12.0. The van der Waals surface area contributed by atoms with Crippen LogP contribution in [0.25, 0.3) is 0 Å². The molecule has 1 heterocycles. The fourth-order valence-corrected chi connectivity index (χ4v) is 5.09. The number of nitrogens with zero attached hydrogens (tertiary/aromatic N) is 3. The minimum Gasteiger partial charge on any atom is -0.493 e. The summed E-state index contributed by atoms with van der Waals surface area (Å²) >= 11 is 0. The maximum absolute atomic E-state index is 5.60. The van der Waals surface area contributed by atoms with Crippen molar-refractivity contribution in [2.45, 2.75) is 43.9 Å². The molecule has 8 heteroatoms. The van der Waals surface area contributed by atoms with E-state index in [1.54, 1.807) is 14.2 Å². The Hall–Kier alpha value is -1.26. The largest absolute Gasteiger partial charge is 0.493 e. The Balaban J connectivity index is 0.00000385. The van der Waals surface area contributed by atoms with Gasteiger partial charge in [0.15, 0.2) is 17.5 Å². The lowest BCUT2D eigenvalue weighted by atomic mass is 9.69. The molecule has 1 aromatic carbocycles. The zero-order chi connectivity index (χ0) is 22.8. The van der Waals surface area contributed by atoms with Crippen LogP contribution in [0.1, 0.15) is 44.1 Å². The second kappa shape index (κ2) is 14.2. The van der Waals surface area contributed by atoms with E-state index in [1.165, 1.54) is 57.2 Å². The highest BCUT2D eigenvalue weighted by Crippen LogP contribution is 2.42. The SMILES string of the molecule is CN=C(NCCN1CCCN(C)CC1)NCC1(c2ccc(OC)c(OC)c2)CCCCC1.I. The minimum absolute atomic E-state index is 0. The summed E-state index contributed by atoms with van der Waals surface area (Å²) in [6, 6.07) is 6.41. The monoisotopic (exact) mass is 573 g/mol. The predicted molar refractivity (Wildman–Crippen MR) is 148 cm³/mol. The molecule has 3 rings (SSSR count). The van der Waals surface area contributed by atoms with Crippen LogP contribution < -0.4 is 20.1 Å². The van der Waals surface area contributed by atoms with Crippen molar-refractivity contribution in [1.82, 2.24) is 20.4 Å². The van der Waals surface area contributed by atoms with E-state index in [2.05, 4.69) is 44.6 Å². The number of guanidine groups is 1. The van der Waals surface area contributed by atoms with Gasteiger partial charge in [0, 0.05) is 45.2 Å². The molecule has 0 unspecified atom stereocenters. The predicted octanol–water partition coefficient (Wildman–Crippen LogP) is 3.33. The highest BCUT2D eigenvalue weighted by Gasteiger charge is 2.34. The Bertz CT molecular complexity index is 740. The summed E-state index contributed by atoms with van der Waals surface area (Å²) < 4.78 is 11.1. The van der Waals surface area contributed by atoms with Gasteiger partial charge in [0.25, 0.3) is 0 Å². The van der Waals surface area contributed by atoms with Crippen LogP contribution in [0, 0.1) is 0 Å². The molecule has 0 radical (unpaired) electrons. The number of likely N-dealkylation sites (N-methyl/N-ethyl adjacent to an activating group) is 1. The zero-order valence-corrected chi connectivity index (χ0v) is 23.3. The molecule has 0 atom stereocenters. The average molecular weight is 574 g/mol. The lowest BCUT2D eigenvalue weighted by Crippen LogP contribution is -2.48. The molecule has 1 saturated heterocycles. The third-order valence-electron chi connectivity index (χ3n) is 7.16. The molecule has 2 aliphatic rings. The number of hydrogen-bond donors (Lipinski definition) is 2. The van der Waals surface area contributed by atoms with Crippen molar-refractivity contribution in [1.29, 1.82) is 0 Å². The first-order chi connectivity index (χ1) is 15.6. The van der Waals surface area contributed by atoms with Crippen LogP contribution in [0.15, 0.2) is 23.2 Å². The van der Waals surface area contributed by atoms with E-state index in [9.17, 15) is 0 Å². The summed E-state index contributed by atoms with van der Waals surface area (Å²) in [5, 5.41) is 7.18. The standard InChI is InChI=1S/C25H43N5O2.HI/c1-26-24(27-13-16-30-15-8-14-29(2)17-18-30)28-20-25(11-6-5-7-12-25)21-9-10-22(31-3)23(19-21)32-4;/h9-10,19H,5-8,11-18,20H2,1-4H3,(H2,26,27,28);1H. The van der Waals surface area contributed by atoms with E-state index in [0.29, 0.717) is 0 Å². The summed E-state index contributed by atoms with van der Waals surface area (Å²) in [4.78, 5) is 9.47. The molecule has 0 aromatic heterocycles. The van der Waals surface area contributed by atoms with Gasteiger partial charge in [0.1, 0.15) is 0 Å². The normalized spacial score (nSPS) is 19.8. The van der Waals surface area contributed by atoms with Gasteiger partial charge in [-0.25, -0.2) is 0 Å². The number of methoxy groups -OCH3 is 2. The van der Waals surface area contributed by atoms with E-state index in [0.717, 1.165) is 50.2 Å². The van der Waals surface area contributed by atoms with Crippen molar-refractivity contribution in [2.75, 3.05) is 74.1 Å². The van der Waals surface area contributed by atoms with Gasteiger partial charge in [0.05, 0.1) is 14.2 Å². The first-order valence-electron chi connectivity index (χ1n) is 12.2. The summed E-state index contributed by atoms with van der Waals surface area (Å²) in [6.07, 6.45) is 7.42. The Morgan fingerprint density at radius 3 is 2.42 bits per heavy atom. The zero-order valence-electron chi connectivity index (χ0n) is 21.0. The van der Waals surface area contributed by atoms with Crippen molar-refractivity contribution < 1.29 is 9.47 Å². The van der Waals surface area contributed by atoms with Crippen molar-refractivity contribution >= 4 is 29.9 Å². The molecular formula is C25H44IN5O2. The molecule has 1 aliphatic heterocycles. The van der Waals surface area contributed by atoms with Crippen LogP contribution in [0.5, 0.6) is 11.5 Å². The van der Waals surface area contributed by atoms with E-state index in [-0.39, 0.29) is 29.4 Å². The molecule has 2 N–H and O–H groups in total. The lowest BCUT2D eigenvalue weighted by Gasteiger charge is -2.38. The van der Waals surface area contributed by atoms with Gasteiger partial charge < -0.3 is 29.9 Å². The van der Waals surface area contributed by atoms with E-state index in [1.807, 2.05) is 13.1 Å². The number of aliphatic imine (C=N–C) groups is 1. The van der Waals surface area contributed by atoms with Crippen LogP contribution in [0.3, 0.4) is 0 Å². The average Bonchev–Trinajstić information content (AvgIpc) is 3.05. The second-order valence-corrected chi connectivity index (χ2v) is 9.26. The van der Waals surface area contributed by atoms with Crippen molar-refractivity contribution in [2.24, 2.45) is 4.99 Å². The smallest absolute Gasteiger partial charge is 0.191 e. The molecule has 1 saturated carbocycles. The van der Waals surface area contributed by atoms with Crippen molar-refractivity contribution in [3.8, 4) is 11.5 Å². The summed E-state index contributed by atoms with van der Waals surface area (Å²) in [5.74, 6) is 2.48. The molecular weight excluding hydrogens is 529 g/mol. The fourth-order valence-electron chi connectivity index (χ4n) is 5.09. The van der Waals surface area contributed by atoms with Crippen LogP contribution in [0.2, 0.25) is 0 Å². The van der Waals surface area contributed by atoms with Crippen molar-refractivity contribution in [3.05, 3.63) is 23.8 Å². The maximum atomic E-state index is 5.60. The first kappa shape index (κ1) is 28.0. The van der Waals surface area contributed by atoms with Gasteiger partial charge in [-0.2, -0.15) is 0 Å². The van der Waals surface area contributed by atoms with Gasteiger partial charge in [0.2, 0.25) is 0 Å². The number of nitrogens with one attached hydrogen (secondary N) is 2. The topological polar surface area (TPSA) is 61.4 Å². The maximum Gasteiger partial charge on any atom is 0.191 e. The number of benzene rings is 1. The highest BCUT2D eigenvalue weighted by atomic mass is 127. The number of halogens is 1. The third kappa shape index (κ3) is 7.89. The van der Waals surface area contributed by atoms with Crippen molar-refractivity contribution in [3.63, 3.8) is 0 Å². The summed E-state index contributed by atoms with van der Waals surface area (Å²) in [6.45, 7) is 7.51. The van der Waals surface area contributed by atoms with E-state index >= 15 is 0 Å². The molecule has 33 heavy (non-hydrogen) atoms. The van der Waals surface area contributed by atoms with Gasteiger partial charge in [-0.3, -0.25) is 4.99 Å². The molecule has 188 valence electrons. The van der Waals surface area contributed by atoms with Crippen LogP contribution in [-0.4, -0.2) is 89.9 Å². The Morgan fingerprint density at radius 2 is 1.73 bits per heavy atom. The molecule has 0 amide bonds. The van der Waals surface area contributed by atoms with Crippen LogP contribution >= 0.6 is 24.0 Å². The third-order valence-corrected chi connectivity index (χ3v) is 7.16. The number of rotatable bonds is 8. The summed E-state index contributed by atoms with van der Waals surface area (Å²) in [5.41, 5.74) is 1.41. The highest BCUT2D eigenvalue weighted by molar-refractivity contribution is 14.0. The molecule has 1 aliphatic carbocycles. The number of hydrogen-bond acceptors (Lipinski definition) is 5. The molecule has 0 bridgehead atoms. The Morgan fingerprint density at radius 1 is 0.970 bits per heavy atom. The van der Waals surface area contributed by atoms with E-state index in [4.69, 9.17) is 9.47 Å². The fraction of sp³-hybridized carbons (Fsp3) is 0.720. The first-order valence-corrected chi connectivity index (χ1v) is 12.2. The van der Waals surface area contributed by atoms with Crippen LogP contribution in [0.4, 0.5) is 0 Å². The molecule has 1 aromatic rings. The quantitative estimate of drug-likeness (QED) is 0.283. The van der Waals surface area contributed by atoms with Gasteiger partial charge >= 0.3 is 0 Å². The van der Waals surface area contributed by atoms with Gasteiger partial charge in [-0.15, -0.1) is 24.0 Å². The molecule has 0 spiro atoms. The number of ether oxygens (including phenoxy) is 2. The molecule has 7 nitrogen and oxygen atoms in total. The molecule has 2 fully saturated rings. The second-order valence-electron chi connectivity index (χ2n) is 9.26. The van der Waals surface area contributed by atoms with Crippen LogP contribution in [-0.2, 0) is 5.41 Å². The lowest BCUT2D eigenvalue weighted by molar-refractivity contribution is 0.278. The van der Waals surface area contributed by atoms with Gasteiger partial charge in [-0.05, 0) is 57.1 Å². The Labute approximate surface area is 217 Å². The van der Waals surface area contributed by atoms with Gasteiger partial charge in [-0.1, -0.05) is 25.3 Å².